The molecule has 3 rings (SSSR count). The van der Waals surface area contributed by atoms with Crippen molar-refractivity contribution in [3.05, 3.63) is 39.8 Å². The number of carbonyl (C=O) groups excluding carboxylic acids is 1. The number of thiophene rings is 1. The van der Waals surface area contributed by atoms with E-state index in [1.54, 1.807) is 0 Å². The van der Waals surface area contributed by atoms with E-state index in [4.69, 9.17) is 9.90 Å². The second kappa shape index (κ2) is 10.8. The van der Waals surface area contributed by atoms with Crippen molar-refractivity contribution in [3.8, 4) is 0 Å². The lowest BCUT2D eigenvalue weighted by atomic mass is 10.1. The largest absolute Gasteiger partial charge is 0.490 e. The summed E-state index contributed by atoms with van der Waals surface area (Å²) in [6.07, 6.45) is -2.29. The van der Waals surface area contributed by atoms with Gasteiger partial charge >= 0.3 is 12.1 Å². The number of fused-ring (bicyclic) bond motifs is 1. The Hall–Kier alpha value is -2.40. The van der Waals surface area contributed by atoms with Gasteiger partial charge in [-0.05, 0) is 31.5 Å². The summed E-state index contributed by atoms with van der Waals surface area (Å²) in [6, 6.07) is 6.83. The van der Waals surface area contributed by atoms with Gasteiger partial charge in [0.1, 0.15) is 0 Å². The van der Waals surface area contributed by atoms with Crippen LogP contribution in [0.4, 0.5) is 13.2 Å². The Balaban J connectivity index is 0.000000423. The van der Waals surface area contributed by atoms with E-state index in [0.717, 1.165) is 26.1 Å². The molecule has 2 aromatic heterocycles. The molecule has 0 aliphatic carbocycles. The Labute approximate surface area is 182 Å². The van der Waals surface area contributed by atoms with E-state index >= 15 is 0 Å². The number of aromatic nitrogens is 2. The Kier molecular flexibility index (Phi) is 8.63. The van der Waals surface area contributed by atoms with Gasteiger partial charge in [-0.25, -0.2) is 4.79 Å². The lowest BCUT2D eigenvalue weighted by Gasteiger charge is -2.33. The normalized spacial score (nSPS) is 16.4. The lowest BCUT2D eigenvalue weighted by Crippen LogP contribution is -2.39. The highest BCUT2D eigenvalue weighted by molar-refractivity contribution is 7.11. The fourth-order valence-electron chi connectivity index (χ4n) is 3.16. The summed E-state index contributed by atoms with van der Waals surface area (Å²) >= 11 is 1.87. The quantitative estimate of drug-likeness (QED) is 0.688. The summed E-state index contributed by atoms with van der Waals surface area (Å²) in [7, 11) is 0. The van der Waals surface area contributed by atoms with E-state index in [1.807, 2.05) is 31.4 Å². The van der Waals surface area contributed by atoms with Crippen molar-refractivity contribution in [3.63, 3.8) is 0 Å². The molecule has 31 heavy (non-hydrogen) atoms. The minimum absolute atomic E-state index is 0.0372. The average Bonchev–Trinajstić information content (AvgIpc) is 3.30. The number of rotatable bonds is 6. The lowest BCUT2D eigenvalue weighted by molar-refractivity contribution is -0.192. The maximum Gasteiger partial charge on any atom is 0.490 e. The number of alkyl halides is 3. The molecule has 1 unspecified atom stereocenters. The first kappa shape index (κ1) is 24.9. The Morgan fingerprint density at radius 3 is 2.55 bits per heavy atom. The third-order valence-electron chi connectivity index (χ3n) is 4.67. The molecule has 11 heteroatoms. The van der Waals surface area contributed by atoms with Crippen LogP contribution in [-0.4, -0.2) is 50.9 Å². The van der Waals surface area contributed by atoms with Gasteiger partial charge < -0.3 is 10.4 Å². The number of carboxylic acids is 1. The van der Waals surface area contributed by atoms with Crippen molar-refractivity contribution in [2.24, 2.45) is 5.92 Å². The van der Waals surface area contributed by atoms with Gasteiger partial charge in [-0.3, -0.25) is 14.4 Å². The SMILES string of the molecule is Cc1ccc(CN2Cc3ccnn3C(CCNC(=O)C(C)C)C2)s1.O=C(O)C(F)(F)F. The fourth-order valence-corrected chi connectivity index (χ4v) is 4.09. The highest BCUT2D eigenvalue weighted by Gasteiger charge is 2.38. The van der Waals surface area contributed by atoms with Gasteiger partial charge in [-0.2, -0.15) is 18.3 Å². The molecule has 0 saturated carbocycles. The van der Waals surface area contributed by atoms with E-state index in [2.05, 4.69) is 45.1 Å². The Bertz CT molecular complexity index is 879. The molecule has 1 atom stereocenters. The predicted octanol–water partition coefficient (Wildman–Crippen LogP) is 3.61. The number of nitrogens with one attached hydrogen (secondary N) is 1. The number of hydrogen-bond donors (Lipinski definition) is 2. The first-order chi connectivity index (χ1) is 14.5. The van der Waals surface area contributed by atoms with Crippen molar-refractivity contribution >= 4 is 23.2 Å². The van der Waals surface area contributed by atoms with Gasteiger partial charge in [0.25, 0.3) is 0 Å². The zero-order valence-corrected chi connectivity index (χ0v) is 18.5. The molecule has 172 valence electrons. The van der Waals surface area contributed by atoms with Crippen molar-refractivity contribution in [2.45, 2.75) is 52.5 Å². The molecule has 3 heterocycles. The molecular formula is C20H27F3N4O3S. The van der Waals surface area contributed by atoms with Crippen molar-refractivity contribution in [1.82, 2.24) is 20.0 Å². The van der Waals surface area contributed by atoms with Crippen LogP contribution in [0.25, 0.3) is 0 Å². The zero-order chi connectivity index (χ0) is 23.2. The Morgan fingerprint density at radius 1 is 1.32 bits per heavy atom. The maximum atomic E-state index is 11.7. The molecule has 1 aliphatic heterocycles. The summed E-state index contributed by atoms with van der Waals surface area (Å²) in [5, 5.41) is 14.6. The first-order valence-corrected chi connectivity index (χ1v) is 10.7. The standard InChI is InChI=1S/C18H26N4OS.C2HF3O2/c1-13(2)18(23)19-8-6-15-10-21(11-16-7-9-20-22(15)16)12-17-5-4-14(3)24-17;3-2(4,5)1(6)7/h4-5,7,9,13,15H,6,8,10-12H2,1-3H3,(H,19,23);(H,6,7). The fraction of sp³-hybridized carbons (Fsp3) is 0.550. The number of aliphatic carboxylic acids is 1. The van der Waals surface area contributed by atoms with Crippen molar-refractivity contribution < 1.29 is 27.9 Å². The number of amides is 1. The number of nitrogens with zero attached hydrogens (tertiary/aromatic N) is 3. The number of carbonyl (C=O) groups is 2. The van der Waals surface area contributed by atoms with Crippen LogP contribution in [-0.2, 0) is 22.7 Å². The highest BCUT2D eigenvalue weighted by atomic mass is 32.1. The summed E-state index contributed by atoms with van der Waals surface area (Å²) in [5.41, 5.74) is 1.26. The smallest absolute Gasteiger partial charge is 0.475 e. The minimum atomic E-state index is -5.08. The molecule has 0 saturated heterocycles. The van der Waals surface area contributed by atoms with Crippen molar-refractivity contribution in [1.29, 1.82) is 0 Å². The second-order valence-electron chi connectivity index (χ2n) is 7.64. The zero-order valence-electron chi connectivity index (χ0n) is 17.6. The van der Waals surface area contributed by atoms with E-state index in [-0.39, 0.29) is 11.8 Å². The summed E-state index contributed by atoms with van der Waals surface area (Å²) in [6.45, 7) is 9.60. The minimum Gasteiger partial charge on any atom is -0.475 e. The number of carboxylic acid groups (broad SMARTS) is 1. The third kappa shape index (κ3) is 7.66. The summed E-state index contributed by atoms with van der Waals surface area (Å²) in [4.78, 5) is 25.9. The molecule has 0 spiro atoms. The van der Waals surface area contributed by atoms with Gasteiger partial charge in [0.05, 0.1) is 11.7 Å². The highest BCUT2D eigenvalue weighted by Crippen LogP contribution is 2.26. The van der Waals surface area contributed by atoms with Crippen LogP contribution in [0.15, 0.2) is 24.4 Å². The van der Waals surface area contributed by atoms with Crippen LogP contribution < -0.4 is 5.32 Å². The number of aryl methyl sites for hydroxylation is 1. The van der Waals surface area contributed by atoms with Crippen LogP contribution in [0.5, 0.6) is 0 Å². The molecule has 0 fully saturated rings. The topological polar surface area (TPSA) is 87.5 Å². The van der Waals surface area contributed by atoms with Crippen LogP contribution >= 0.6 is 11.3 Å². The number of hydrogen-bond acceptors (Lipinski definition) is 5. The molecule has 0 aromatic carbocycles. The van der Waals surface area contributed by atoms with E-state index in [9.17, 15) is 18.0 Å². The second-order valence-corrected chi connectivity index (χ2v) is 9.01. The monoisotopic (exact) mass is 460 g/mol. The van der Waals surface area contributed by atoms with Gasteiger partial charge in [0, 0.05) is 48.0 Å². The van der Waals surface area contributed by atoms with Gasteiger partial charge in [0.2, 0.25) is 5.91 Å². The van der Waals surface area contributed by atoms with Crippen LogP contribution in [0.1, 0.15) is 41.8 Å². The molecule has 1 amide bonds. The van der Waals surface area contributed by atoms with E-state index in [0.29, 0.717) is 12.6 Å². The molecule has 2 aromatic rings. The van der Waals surface area contributed by atoms with Crippen LogP contribution in [0.2, 0.25) is 0 Å². The van der Waals surface area contributed by atoms with E-state index in [1.165, 1.54) is 15.4 Å². The van der Waals surface area contributed by atoms with Crippen LogP contribution in [0, 0.1) is 12.8 Å². The third-order valence-corrected chi connectivity index (χ3v) is 5.66. The average molecular weight is 461 g/mol. The first-order valence-electron chi connectivity index (χ1n) is 9.85. The molecule has 7 nitrogen and oxygen atoms in total. The Morgan fingerprint density at radius 2 is 2.00 bits per heavy atom. The molecular weight excluding hydrogens is 433 g/mol. The molecule has 0 radical (unpaired) electrons. The van der Waals surface area contributed by atoms with Crippen LogP contribution in [0.3, 0.4) is 0 Å². The summed E-state index contributed by atoms with van der Waals surface area (Å²) < 4.78 is 33.9. The number of halogens is 3. The van der Waals surface area contributed by atoms with Gasteiger partial charge in [-0.15, -0.1) is 11.3 Å². The molecule has 1 aliphatic rings. The van der Waals surface area contributed by atoms with Gasteiger partial charge in [-0.1, -0.05) is 13.8 Å². The molecule has 0 bridgehead atoms. The predicted molar refractivity (Wildman–Crippen MR) is 111 cm³/mol. The maximum absolute atomic E-state index is 11.7. The van der Waals surface area contributed by atoms with E-state index < -0.39 is 12.1 Å². The molecule has 2 N–H and O–H groups in total. The van der Waals surface area contributed by atoms with Gasteiger partial charge in [0.15, 0.2) is 0 Å². The summed E-state index contributed by atoms with van der Waals surface area (Å²) in [5.74, 6) is -2.60. The van der Waals surface area contributed by atoms with Crippen molar-refractivity contribution in [2.75, 3.05) is 13.1 Å².